The summed E-state index contributed by atoms with van der Waals surface area (Å²) in [6.45, 7) is 0.335. The second kappa shape index (κ2) is 8.29. The fraction of sp³-hybridized carbons (Fsp3) is 0.150. The quantitative estimate of drug-likeness (QED) is 0.591. The maximum Gasteiger partial charge on any atom is 0.303 e. The summed E-state index contributed by atoms with van der Waals surface area (Å²) in [5.74, 6) is -1.03. The molecule has 1 fully saturated rings. The van der Waals surface area contributed by atoms with Crippen molar-refractivity contribution in [1.82, 2.24) is 4.90 Å². The Labute approximate surface area is 161 Å². The predicted molar refractivity (Wildman–Crippen MR) is 109 cm³/mol. The van der Waals surface area contributed by atoms with E-state index in [1.54, 1.807) is 0 Å². The van der Waals surface area contributed by atoms with Gasteiger partial charge < -0.3 is 5.11 Å². The van der Waals surface area contributed by atoms with Crippen molar-refractivity contribution < 1.29 is 14.7 Å². The first-order valence-electron chi connectivity index (χ1n) is 8.17. The molecule has 3 rings (SSSR count). The van der Waals surface area contributed by atoms with Gasteiger partial charge in [-0.15, -0.1) is 0 Å². The van der Waals surface area contributed by atoms with E-state index in [1.165, 1.54) is 16.7 Å². The zero-order chi connectivity index (χ0) is 18.5. The number of carboxylic acid groups (broad SMARTS) is 1. The lowest BCUT2D eigenvalue weighted by Gasteiger charge is -2.13. The second-order valence-electron chi connectivity index (χ2n) is 5.82. The van der Waals surface area contributed by atoms with Crippen LogP contribution in [0.15, 0.2) is 59.5 Å². The van der Waals surface area contributed by atoms with Crippen LogP contribution in [0.2, 0.25) is 0 Å². The highest BCUT2D eigenvalue weighted by Gasteiger charge is 2.31. The molecule has 0 aliphatic carbocycles. The van der Waals surface area contributed by atoms with E-state index in [1.807, 2.05) is 48.5 Å². The number of carbonyl (C=O) groups is 2. The minimum absolute atomic E-state index is 0.0249. The van der Waals surface area contributed by atoms with Gasteiger partial charge in [0.1, 0.15) is 4.32 Å². The molecule has 1 N–H and O–H groups in total. The van der Waals surface area contributed by atoms with E-state index < -0.39 is 5.97 Å². The second-order valence-corrected chi connectivity index (χ2v) is 7.49. The van der Waals surface area contributed by atoms with Crippen molar-refractivity contribution in [2.75, 3.05) is 6.54 Å². The Morgan fingerprint density at radius 2 is 1.73 bits per heavy atom. The highest BCUT2D eigenvalue weighted by Crippen LogP contribution is 2.33. The topological polar surface area (TPSA) is 57.6 Å². The highest BCUT2D eigenvalue weighted by atomic mass is 32.2. The molecule has 132 valence electrons. The van der Waals surface area contributed by atoms with Gasteiger partial charge in [0.05, 0.1) is 4.91 Å². The Morgan fingerprint density at radius 1 is 1.08 bits per heavy atom. The SMILES string of the molecule is O=C(O)CCCN1C(=O)C(=Cc2ccc(-c3ccccc3)cc2)SC1=S. The van der Waals surface area contributed by atoms with Crippen molar-refractivity contribution in [3.05, 3.63) is 65.1 Å². The summed E-state index contributed by atoms with van der Waals surface area (Å²) in [5.41, 5.74) is 3.18. The summed E-state index contributed by atoms with van der Waals surface area (Å²) in [6, 6.07) is 18.1. The number of thioether (sulfide) groups is 1. The molecule has 0 spiro atoms. The molecule has 0 aromatic heterocycles. The first-order chi connectivity index (χ1) is 12.5. The molecule has 0 unspecified atom stereocenters. The minimum atomic E-state index is -0.871. The van der Waals surface area contributed by atoms with Crippen LogP contribution >= 0.6 is 24.0 Å². The minimum Gasteiger partial charge on any atom is -0.481 e. The van der Waals surface area contributed by atoms with Gasteiger partial charge in [0.15, 0.2) is 0 Å². The van der Waals surface area contributed by atoms with Crippen LogP contribution in [0.25, 0.3) is 17.2 Å². The van der Waals surface area contributed by atoms with E-state index in [9.17, 15) is 9.59 Å². The zero-order valence-electron chi connectivity index (χ0n) is 13.9. The zero-order valence-corrected chi connectivity index (χ0v) is 15.6. The Kier molecular flexibility index (Phi) is 5.85. The van der Waals surface area contributed by atoms with Crippen molar-refractivity contribution in [2.45, 2.75) is 12.8 Å². The molecular formula is C20H17NO3S2. The molecule has 2 aromatic carbocycles. The van der Waals surface area contributed by atoms with Crippen LogP contribution in [0, 0.1) is 0 Å². The molecule has 0 saturated carbocycles. The first-order valence-corrected chi connectivity index (χ1v) is 9.40. The lowest BCUT2D eigenvalue weighted by molar-refractivity contribution is -0.137. The van der Waals surface area contributed by atoms with E-state index in [-0.39, 0.29) is 12.3 Å². The van der Waals surface area contributed by atoms with Crippen molar-refractivity contribution in [1.29, 1.82) is 0 Å². The van der Waals surface area contributed by atoms with Crippen molar-refractivity contribution in [3.8, 4) is 11.1 Å². The molecule has 1 amide bonds. The van der Waals surface area contributed by atoms with Crippen LogP contribution in [0.4, 0.5) is 0 Å². The number of hydrogen-bond donors (Lipinski definition) is 1. The average Bonchev–Trinajstić information content (AvgIpc) is 2.90. The van der Waals surface area contributed by atoms with Gasteiger partial charge in [-0.05, 0) is 29.2 Å². The van der Waals surface area contributed by atoms with Gasteiger partial charge in [-0.1, -0.05) is 78.6 Å². The van der Waals surface area contributed by atoms with Crippen LogP contribution in [0.3, 0.4) is 0 Å². The number of hydrogen-bond acceptors (Lipinski definition) is 4. The Bertz CT molecular complexity index is 860. The number of amides is 1. The smallest absolute Gasteiger partial charge is 0.303 e. The van der Waals surface area contributed by atoms with Crippen molar-refractivity contribution in [2.24, 2.45) is 0 Å². The van der Waals surface area contributed by atoms with Gasteiger partial charge in [0.2, 0.25) is 0 Å². The maximum absolute atomic E-state index is 12.5. The fourth-order valence-electron chi connectivity index (χ4n) is 2.63. The molecule has 1 aliphatic heterocycles. The maximum atomic E-state index is 12.5. The molecule has 1 aliphatic rings. The van der Waals surface area contributed by atoms with Gasteiger partial charge >= 0.3 is 5.97 Å². The molecule has 0 radical (unpaired) electrons. The number of carboxylic acids is 1. The molecule has 1 saturated heterocycles. The number of thiocarbonyl (C=S) groups is 1. The van der Waals surface area contributed by atoms with Crippen molar-refractivity contribution >= 4 is 46.3 Å². The standard InChI is InChI=1S/C20H17NO3S2/c22-18(23)7-4-12-21-19(24)17(26-20(21)25)13-14-8-10-16(11-9-14)15-5-2-1-3-6-15/h1-3,5-6,8-11,13H,4,7,12H2,(H,22,23). The Balaban J connectivity index is 1.71. The van der Waals surface area contributed by atoms with Crippen LogP contribution in [0.5, 0.6) is 0 Å². The number of carbonyl (C=O) groups excluding carboxylic acids is 1. The van der Waals surface area contributed by atoms with Crippen LogP contribution in [0.1, 0.15) is 18.4 Å². The molecular weight excluding hydrogens is 366 g/mol. The summed E-state index contributed by atoms with van der Waals surface area (Å²) in [4.78, 5) is 25.2. The first kappa shape index (κ1) is 18.4. The fourth-order valence-corrected chi connectivity index (χ4v) is 3.94. The van der Waals surface area contributed by atoms with Gasteiger partial charge in [-0.2, -0.15) is 0 Å². The summed E-state index contributed by atoms with van der Waals surface area (Å²) < 4.78 is 0.479. The molecule has 0 atom stereocenters. The number of benzene rings is 2. The average molecular weight is 383 g/mol. The third-order valence-electron chi connectivity index (χ3n) is 3.96. The molecule has 4 nitrogen and oxygen atoms in total. The number of nitrogens with zero attached hydrogens (tertiary/aromatic N) is 1. The van der Waals surface area contributed by atoms with Crippen LogP contribution < -0.4 is 0 Å². The Morgan fingerprint density at radius 3 is 2.38 bits per heavy atom. The monoisotopic (exact) mass is 383 g/mol. The van der Waals surface area contributed by atoms with Gasteiger partial charge in [0.25, 0.3) is 5.91 Å². The van der Waals surface area contributed by atoms with E-state index in [0.29, 0.717) is 22.2 Å². The van der Waals surface area contributed by atoms with Crippen LogP contribution in [-0.2, 0) is 9.59 Å². The normalized spacial score (nSPS) is 15.7. The highest BCUT2D eigenvalue weighted by molar-refractivity contribution is 8.26. The molecule has 2 aromatic rings. The van der Waals surface area contributed by atoms with E-state index in [2.05, 4.69) is 12.1 Å². The third kappa shape index (κ3) is 4.39. The number of rotatable bonds is 6. The summed E-state index contributed by atoms with van der Waals surface area (Å²) in [5, 5.41) is 8.72. The summed E-state index contributed by atoms with van der Waals surface area (Å²) in [7, 11) is 0. The van der Waals surface area contributed by atoms with Gasteiger partial charge in [-0.3, -0.25) is 14.5 Å². The number of aliphatic carboxylic acids is 1. The summed E-state index contributed by atoms with van der Waals surface area (Å²) in [6.07, 6.45) is 2.24. The largest absolute Gasteiger partial charge is 0.481 e. The lowest BCUT2D eigenvalue weighted by atomic mass is 10.0. The Hall–Kier alpha value is -2.44. The third-order valence-corrected chi connectivity index (χ3v) is 5.34. The molecule has 1 heterocycles. The lowest BCUT2D eigenvalue weighted by Crippen LogP contribution is -2.29. The molecule has 6 heteroatoms. The van der Waals surface area contributed by atoms with E-state index >= 15 is 0 Å². The van der Waals surface area contributed by atoms with E-state index in [0.717, 1.165) is 16.7 Å². The summed E-state index contributed by atoms with van der Waals surface area (Å²) >= 11 is 6.51. The van der Waals surface area contributed by atoms with Gasteiger partial charge in [0, 0.05) is 13.0 Å². The molecule has 0 bridgehead atoms. The van der Waals surface area contributed by atoms with E-state index in [4.69, 9.17) is 17.3 Å². The predicted octanol–water partition coefficient (Wildman–Crippen LogP) is 4.42. The van der Waals surface area contributed by atoms with Crippen LogP contribution in [-0.4, -0.2) is 32.7 Å². The van der Waals surface area contributed by atoms with Gasteiger partial charge in [-0.25, -0.2) is 0 Å². The molecule has 26 heavy (non-hydrogen) atoms. The van der Waals surface area contributed by atoms with Crippen molar-refractivity contribution in [3.63, 3.8) is 0 Å².